The number of hydrogen-bond donors (Lipinski definition) is 1. The maximum Gasteiger partial charge on any atom is 0.228 e. The average Bonchev–Trinajstić information content (AvgIpc) is 2.56. The van der Waals surface area contributed by atoms with Crippen LogP contribution in [0.5, 0.6) is 11.5 Å². The Labute approximate surface area is 86.7 Å². The van der Waals surface area contributed by atoms with Crippen molar-refractivity contribution in [2.24, 2.45) is 0 Å². The van der Waals surface area contributed by atoms with E-state index >= 15 is 0 Å². The summed E-state index contributed by atoms with van der Waals surface area (Å²) in [6, 6.07) is 5.19. The summed E-state index contributed by atoms with van der Waals surface area (Å²) in [6.45, 7) is 1.44. The van der Waals surface area contributed by atoms with Gasteiger partial charge in [0, 0.05) is 18.4 Å². The van der Waals surface area contributed by atoms with Gasteiger partial charge in [-0.25, -0.2) is 0 Å². The second-order valence-corrected chi connectivity index (χ2v) is 3.29. The molecular formula is C11H11NO3. The SMILES string of the molecule is COc1ccc2c(O)cn(C(C)=O)c2c1. The van der Waals surface area contributed by atoms with Gasteiger partial charge in [0.25, 0.3) is 0 Å². The molecule has 0 fully saturated rings. The van der Waals surface area contributed by atoms with Gasteiger partial charge in [0.1, 0.15) is 11.5 Å². The van der Waals surface area contributed by atoms with Crippen molar-refractivity contribution in [2.45, 2.75) is 6.92 Å². The summed E-state index contributed by atoms with van der Waals surface area (Å²) in [7, 11) is 1.56. The van der Waals surface area contributed by atoms with E-state index in [1.54, 1.807) is 25.3 Å². The summed E-state index contributed by atoms with van der Waals surface area (Å²) >= 11 is 0. The second-order valence-electron chi connectivity index (χ2n) is 3.29. The molecule has 1 N–H and O–H groups in total. The van der Waals surface area contributed by atoms with Crippen LogP contribution in [-0.2, 0) is 0 Å². The highest BCUT2D eigenvalue weighted by molar-refractivity contribution is 5.95. The van der Waals surface area contributed by atoms with Gasteiger partial charge < -0.3 is 9.84 Å². The van der Waals surface area contributed by atoms with Crippen molar-refractivity contribution in [3.05, 3.63) is 24.4 Å². The summed E-state index contributed by atoms with van der Waals surface area (Å²) in [6.07, 6.45) is 1.41. The second kappa shape index (κ2) is 3.31. The smallest absolute Gasteiger partial charge is 0.228 e. The Morgan fingerprint density at radius 3 is 2.80 bits per heavy atom. The molecule has 4 nitrogen and oxygen atoms in total. The van der Waals surface area contributed by atoms with Crippen molar-refractivity contribution in [2.75, 3.05) is 7.11 Å². The van der Waals surface area contributed by atoms with Crippen LogP contribution >= 0.6 is 0 Å². The van der Waals surface area contributed by atoms with E-state index in [0.29, 0.717) is 16.7 Å². The predicted octanol–water partition coefficient (Wildman–Crippen LogP) is 2.02. The van der Waals surface area contributed by atoms with Gasteiger partial charge in [-0.05, 0) is 12.1 Å². The summed E-state index contributed by atoms with van der Waals surface area (Å²) in [5.41, 5.74) is 0.652. The van der Waals surface area contributed by atoms with Gasteiger partial charge in [-0.2, -0.15) is 0 Å². The Balaban J connectivity index is 2.77. The lowest BCUT2D eigenvalue weighted by molar-refractivity contribution is 0.0941. The molecule has 78 valence electrons. The molecule has 0 atom stereocenters. The van der Waals surface area contributed by atoms with E-state index < -0.39 is 0 Å². The molecule has 15 heavy (non-hydrogen) atoms. The molecule has 2 rings (SSSR count). The first-order valence-corrected chi connectivity index (χ1v) is 4.52. The molecule has 0 aliphatic rings. The van der Waals surface area contributed by atoms with Crippen molar-refractivity contribution >= 4 is 16.8 Å². The molecule has 1 heterocycles. The number of aromatic nitrogens is 1. The summed E-state index contributed by atoms with van der Waals surface area (Å²) in [5, 5.41) is 10.2. The van der Waals surface area contributed by atoms with E-state index in [4.69, 9.17) is 4.74 Å². The van der Waals surface area contributed by atoms with Gasteiger partial charge >= 0.3 is 0 Å². The third-order valence-electron chi connectivity index (χ3n) is 2.33. The monoisotopic (exact) mass is 205 g/mol. The number of ether oxygens (including phenoxy) is 1. The fourth-order valence-electron chi connectivity index (χ4n) is 1.58. The normalized spacial score (nSPS) is 10.5. The van der Waals surface area contributed by atoms with Crippen LogP contribution in [0.4, 0.5) is 0 Å². The highest BCUT2D eigenvalue weighted by Crippen LogP contribution is 2.29. The lowest BCUT2D eigenvalue weighted by atomic mass is 10.2. The molecule has 0 amide bonds. The number of carbonyl (C=O) groups excluding carboxylic acids is 1. The van der Waals surface area contributed by atoms with E-state index in [2.05, 4.69) is 0 Å². The third-order valence-corrected chi connectivity index (χ3v) is 2.33. The number of rotatable bonds is 1. The maximum absolute atomic E-state index is 11.3. The fourth-order valence-corrected chi connectivity index (χ4v) is 1.58. The van der Waals surface area contributed by atoms with Gasteiger partial charge in [-0.15, -0.1) is 0 Å². The van der Waals surface area contributed by atoms with Gasteiger partial charge in [-0.1, -0.05) is 0 Å². The van der Waals surface area contributed by atoms with E-state index in [0.717, 1.165) is 0 Å². The molecule has 0 bridgehead atoms. The Hall–Kier alpha value is -1.97. The van der Waals surface area contributed by atoms with Crippen LogP contribution in [0, 0.1) is 0 Å². The molecule has 0 spiro atoms. The summed E-state index contributed by atoms with van der Waals surface area (Å²) in [4.78, 5) is 11.3. The lowest BCUT2D eigenvalue weighted by Crippen LogP contribution is -2.02. The first-order valence-electron chi connectivity index (χ1n) is 4.52. The minimum Gasteiger partial charge on any atom is -0.506 e. The molecule has 0 aliphatic carbocycles. The topological polar surface area (TPSA) is 51.5 Å². The van der Waals surface area contributed by atoms with Crippen molar-refractivity contribution in [3.63, 3.8) is 0 Å². The Bertz CT molecular complexity index is 528. The Kier molecular flexibility index (Phi) is 2.11. The molecule has 0 saturated heterocycles. The van der Waals surface area contributed by atoms with E-state index in [1.165, 1.54) is 17.7 Å². The molecule has 4 heteroatoms. The Morgan fingerprint density at radius 2 is 2.20 bits per heavy atom. The first kappa shape index (κ1) is 9.58. The number of nitrogens with zero attached hydrogens (tertiary/aromatic N) is 1. The molecular weight excluding hydrogens is 194 g/mol. The van der Waals surface area contributed by atoms with E-state index in [9.17, 15) is 9.90 Å². The average molecular weight is 205 g/mol. The minimum absolute atomic E-state index is 0.0999. The van der Waals surface area contributed by atoms with Gasteiger partial charge in [-0.3, -0.25) is 9.36 Å². The van der Waals surface area contributed by atoms with Gasteiger partial charge in [0.2, 0.25) is 5.91 Å². The summed E-state index contributed by atoms with van der Waals surface area (Å²) in [5.74, 6) is 0.611. The minimum atomic E-state index is -0.145. The van der Waals surface area contributed by atoms with Crippen LogP contribution in [0.15, 0.2) is 24.4 Å². The lowest BCUT2D eigenvalue weighted by Gasteiger charge is -2.01. The quantitative estimate of drug-likeness (QED) is 0.774. The highest BCUT2D eigenvalue weighted by atomic mass is 16.5. The van der Waals surface area contributed by atoms with Crippen LogP contribution in [0.1, 0.15) is 11.7 Å². The highest BCUT2D eigenvalue weighted by Gasteiger charge is 2.10. The van der Waals surface area contributed by atoms with Crippen molar-refractivity contribution < 1.29 is 14.6 Å². The third kappa shape index (κ3) is 1.44. The van der Waals surface area contributed by atoms with Crippen LogP contribution in [0.3, 0.4) is 0 Å². The standard InChI is InChI=1S/C11H11NO3/c1-7(13)12-6-11(14)9-4-3-8(15-2)5-10(9)12/h3-6,14H,1-2H3. The zero-order valence-electron chi connectivity index (χ0n) is 8.52. The number of hydrogen-bond acceptors (Lipinski definition) is 3. The maximum atomic E-state index is 11.3. The molecule has 0 aliphatic heterocycles. The molecule has 1 aromatic carbocycles. The van der Waals surface area contributed by atoms with Crippen molar-refractivity contribution in [3.8, 4) is 11.5 Å². The van der Waals surface area contributed by atoms with Crippen molar-refractivity contribution in [1.82, 2.24) is 4.57 Å². The number of aromatic hydroxyl groups is 1. The number of methoxy groups -OCH3 is 1. The zero-order valence-corrected chi connectivity index (χ0v) is 8.52. The number of benzene rings is 1. The van der Waals surface area contributed by atoms with Crippen LogP contribution in [-0.4, -0.2) is 22.7 Å². The molecule has 0 radical (unpaired) electrons. The van der Waals surface area contributed by atoms with Crippen LogP contribution in [0.2, 0.25) is 0 Å². The number of fused-ring (bicyclic) bond motifs is 1. The Morgan fingerprint density at radius 1 is 1.47 bits per heavy atom. The molecule has 0 saturated carbocycles. The molecule has 1 aromatic heterocycles. The fraction of sp³-hybridized carbons (Fsp3) is 0.182. The number of carbonyl (C=O) groups is 1. The largest absolute Gasteiger partial charge is 0.506 e. The molecule has 2 aromatic rings. The van der Waals surface area contributed by atoms with Gasteiger partial charge in [0.05, 0.1) is 18.8 Å². The molecule has 0 unspecified atom stereocenters. The van der Waals surface area contributed by atoms with Crippen molar-refractivity contribution in [1.29, 1.82) is 0 Å². The summed E-state index contributed by atoms with van der Waals surface area (Å²) < 4.78 is 6.46. The van der Waals surface area contributed by atoms with Crippen LogP contribution in [0.25, 0.3) is 10.9 Å². The zero-order chi connectivity index (χ0) is 11.0. The first-order chi connectivity index (χ1) is 7.13. The van der Waals surface area contributed by atoms with Gasteiger partial charge in [0.15, 0.2) is 0 Å². The van der Waals surface area contributed by atoms with E-state index in [-0.39, 0.29) is 11.7 Å². The predicted molar refractivity (Wildman–Crippen MR) is 56.5 cm³/mol. The van der Waals surface area contributed by atoms with Crippen LogP contribution < -0.4 is 4.74 Å². The van der Waals surface area contributed by atoms with E-state index in [1.807, 2.05) is 0 Å².